The Morgan fingerprint density at radius 1 is 1.14 bits per heavy atom. The minimum atomic E-state index is 0.700. The van der Waals surface area contributed by atoms with Crippen LogP contribution >= 0.6 is 22.9 Å². The molecule has 4 rings (SSSR count). The molecule has 1 N–H and O–H groups in total. The van der Waals surface area contributed by atoms with Gasteiger partial charge in [0.25, 0.3) is 0 Å². The van der Waals surface area contributed by atoms with E-state index in [0.717, 1.165) is 44.4 Å². The topological polar surface area (TPSA) is 66.8 Å². The zero-order chi connectivity index (χ0) is 19.7. The highest BCUT2D eigenvalue weighted by Gasteiger charge is 2.15. The number of pyridine rings is 1. The molecule has 0 unspecified atom stereocenters. The molecular formula is C20H19ClN6S. The second-order valence-corrected chi connectivity index (χ2v) is 8.12. The molecule has 0 atom stereocenters. The maximum atomic E-state index is 6.43. The van der Waals surface area contributed by atoms with E-state index in [9.17, 15) is 0 Å². The number of hydrogen-bond acceptors (Lipinski definition) is 7. The summed E-state index contributed by atoms with van der Waals surface area (Å²) in [5.41, 5.74) is 3.87. The normalized spacial score (nSPS) is 11.3. The van der Waals surface area contributed by atoms with E-state index in [2.05, 4.69) is 25.2 Å². The van der Waals surface area contributed by atoms with Crippen LogP contribution in [0.5, 0.6) is 0 Å². The van der Waals surface area contributed by atoms with E-state index in [4.69, 9.17) is 16.6 Å². The Kier molecular flexibility index (Phi) is 5.21. The number of nitrogens with one attached hydrogen (secondary N) is 1. The molecule has 0 saturated carbocycles. The molecule has 142 valence electrons. The Morgan fingerprint density at radius 3 is 2.79 bits per heavy atom. The molecule has 6 nitrogen and oxygen atoms in total. The molecule has 0 fully saturated rings. The Balaban J connectivity index is 1.72. The van der Waals surface area contributed by atoms with Crippen LogP contribution in [0.15, 0.2) is 42.9 Å². The van der Waals surface area contributed by atoms with Crippen LogP contribution in [-0.4, -0.2) is 38.9 Å². The average molecular weight is 411 g/mol. The molecule has 0 aliphatic carbocycles. The van der Waals surface area contributed by atoms with E-state index < -0.39 is 0 Å². The van der Waals surface area contributed by atoms with Gasteiger partial charge in [-0.3, -0.25) is 0 Å². The minimum Gasteiger partial charge on any atom is -0.324 e. The first-order valence-corrected chi connectivity index (χ1v) is 9.94. The molecule has 0 aliphatic rings. The lowest BCUT2D eigenvalue weighted by molar-refractivity contribution is 0.396. The fourth-order valence-electron chi connectivity index (χ4n) is 2.95. The van der Waals surface area contributed by atoms with Gasteiger partial charge in [-0.25, -0.2) is 19.9 Å². The van der Waals surface area contributed by atoms with Gasteiger partial charge in [0.15, 0.2) is 5.82 Å². The molecule has 0 saturated heterocycles. The number of thiazole rings is 1. The molecule has 0 bridgehead atoms. The molecule has 0 aliphatic heterocycles. The monoisotopic (exact) mass is 410 g/mol. The van der Waals surface area contributed by atoms with Gasteiger partial charge in [-0.05, 0) is 38.7 Å². The van der Waals surface area contributed by atoms with Gasteiger partial charge >= 0.3 is 0 Å². The average Bonchev–Trinajstić information content (AvgIpc) is 3.06. The molecule has 8 heteroatoms. The van der Waals surface area contributed by atoms with Crippen molar-refractivity contribution in [2.24, 2.45) is 0 Å². The number of aromatic nitrogens is 4. The van der Waals surface area contributed by atoms with E-state index in [1.165, 1.54) is 0 Å². The van der Waals surface area contributed by atoms with Crippen LogP contribution in [0.4, 0.5) is 11.6 Å². The van der Waals surface area contributed by atoms with Gasteiger partial charge < -0.3 is 10.2 Å². The number of nitrogens with zero attached hydrogens (tertiary/aromatic N) is 5. The zero-order valence-corrected chi connectivity index (χ0v) is 17.3. The first kappa shape index (κ1) is 18.7. The molecule has 0 spiro atoms. The summed E-state index contributed by atoms with van der Waals surface area (Å²) in [5, 5.41) is 4.89. The lowest BCUT2D eigenvalue weighted by Gasteiger charge is -2.10. The maximum Gasteiger partial charge on any atom is 0.151 e. The molecule has 3 aromatic heterocycles. The van der Waals surface area contributed by atoms with Crippen LogP contribution in [0, 0.1) is 6.92 Å². The third kappa shape index (κ3) is 3.82. The lowest BCUT2D eigenvalue weighted by atomic mass is 10.1. The minimum absolute atomic E-state index is 0.700. The first-order chi connectivity index (χ1) is 13.5. The van der Waals surface area contributed by atoms with Gasteiger partial charge in [0.05, 0.1) is 20.9 Å². The molecule has 4 aromatic rings. The Morgan fingerprint density at radius 2 is 2.00 bits per heavy atom. The van der Waals surface area contributed by atoms with Crippen LogP contribution in [0.2, 0.25) is 5.02 Å². The fourth-order valence-corrected chi connectivity index (χ4v) is 4.45. The summed E-state index contributed by atoms with van der Waals surface area (Å²) >= 11 is 8.00. The summed E-state index contributed by atoms with van der Waals surface area (Å²) in [6, 6.07) is 9.71. The van der Waals surface area contributed by atoms with Crippen molar-refractivity contribution in [3.8, 4) is 10.6 Å². The van der Waals surface area contributed by atoms with E-state index >= 15 is 0 Å². The van der Waals surface area contributed by atoms with Gasteiger partial charge in [-0.1, -0.05) is 23.7 Å². The number of benzene rings is 1. The summed E-state index contributed by atoms with van der Waals surface area (Å²) in [4.78, 5) is 20.0. The van der Waals surface area contributed by atoms with Crippen molar-refractivity contribution in [3.63, 3.8) is 0 Å². The smallest absolute Gasteiger partial charge is 0.151 e. The number of rotatable bonds is 5. The number of anilines is 2. The molecular weight excluding hydrogens is 392 g/mol. The van der Waals surface area contributed by atoms with E-state index in [0.29, 0.717) is 10.8 Å². The van der Waals surface area contributed by atoms with Crippen LogP contribution in [0.1, 0.15) is 11.3 Å². The summed E-state index contributed by atoms with van der Waals surface area (Å²) in [6.07, 6.45) is 3.31. The Bertz CT molecular complexity index is 1120. The summed E-state index contributed by atoms with van der Waals surface area (Å²) in [5.74, 6) is 1.43. The van der Waals surface area contributed by atoms with Crippen molar-refractivity contribution in [2.45, 2.75) is 13.5 Å². The van der Waals surface area contributed by atoms with Crippen molar-refractivity contribution in [2.75, 3.05) is 19.4 Å². The van der Waals surface area contributed by atoms with Crippen LogP contribution in [-0.2, 0) is 6.54 Å². The quantitative estimate of drug-likeness (QED) is 0.504. The van der Waals surface area contributed by atoms with E-state index in [1.54, 1.807) is 23.9 Å². The number of halogens is 1. The Hall–Kier alpha value is -2.61. The molecule has 3 heterocycles. The van der Waals surface area contributed by atoms with Gasteiger partial charge in [0.2, 0.25) is 0 Å². The second-order valence-electron chi connectivity index (χ2n) is 6.72. The van der Waals surface area contributed by atoms with E-state index in [-0.39, 0.29) is 0 Å². The predicted octanol–water partition coefficient (Wildman–Crippen LogP) is 4.92. The van der Waals surface area contributed by atoms with Gasteiger partial charge in [-0.2, -0.15) is 0 Å². The SMILES string of the molecule is Cc1cccc(Cl)c1-c1nc2ccnc(Nc3cc(CN(C)C)ncn3)c2s1. The van der Waals surface area contributed by atoms with Crippen LogP contribution < -0.4 is 5.32 Å². The predicted molar refractivity (Wildman–Crippen MR) is 115 cm³/mol. The summed E-state index contributed by atoms with van der Waals surface area (Å²) in [7, 11) is 4.01. The standard InChI is InChI=1S/C20H19ClN6S/c1-12-5-4-6-14(21)17(12)20-25-15-7-8-22-19(18(15)28-20)26-16-9-13(10-27(2)3)23-11-24-16/h4-9,11H,10H2,1-3H3,(H,22,23,24,26). The fraction of sp³-hybridized carbons (Fsp3) is 0.200. The molecule has 0 amide bonds. The zero-order valence-electron chi connectivity index (χ0n) is 15.8. The van der Waals surface area contributed by atoms with E-state index in [1.807, 2.05) is 51.4 Å². The highest BCUT2D eigenvalue weighted by atomic mass is 35.5. The van der Waals surface area contributed by atoms with Crippen molar-refractivity contribution < 1.29 is 0 Å². The third-order valence-electron chi connectivity index (χ3n) is 4.19. The maximum absolute atomic E-state index is 6.43. The highest BCUT2D eigenvalue weighted by Crippen LogP contribution is 2.38. The van der Waals surface area contributed by atoms with Crippen molar-refractivity contribution in [1.29, 1.82) is 0 Å². The molecule has 0 radical (unpaired) electrons. The highest BCUT2D eigenvalue weighted by molar-refractivity contribution is 7.22. The van der Waals surface area contributed by atoms with Crippen molar-refractivity contribution in [1.82, 2.24) is 24.8 Å². The van der Waals surface area contributed by atoms with Crippen LogP contribution in [0.25, 0.3) is 20.8 Å². The second kappa shape index (κ2) is 7.79. The lowest BCUT2D eigenvalue weighted by Crippen LogP contribution is -2.12. The third-order valence-corrected chi connectivity index (χ3v) is 5.60. The van der Waals surface area contributed by atoms with Gasteiger partial charge in [0, 0.05) is 24.4 Å². The van der Waals surface area contributed by atoms with Crippen LogP contribution in [0.3, 0.4) is 0 Å². The van der Waals surface area contributed by atoms with Gasteiger partial charge in [0.1, 0.15) is 17.2 Å². The van der Waals surface area contributed by atoms with Gasteiger partial charge in [-0.15, -0.1) is 11.3 Å². The van der Waals surface area contributed by atoms with Crippen molar-refractivity contribution >= 4 is 44.8 Å². The molecule has 28 heavy (non-hydrogen) atoms. The number of hydrogen-bond donors (Lipinski definition) is 1. The number of aryl methyl sites for hydroxylation is 1. The summed E-state index contributed by atoms with van der Waals surface area (Å²) < 4.78 is 0.963. The number of fused-ring (bicyclic) bond motifs is 1. The largest absolute Gasteiger partial charge is 0.324 e. The first-order valence-electron chi connectivity index (χ1n) is 8.75. The Labute approximate surface area is 172 Å². The molecule has 1 aromatic carbocycles. The van der Waals surface area contributed by atoms with Crippen molar-refractivity contribution in [3.05, 3.63) is 59.1 Å². The summed E-state index contributed by atoms with van der Waals surface area (Å²) in [6.45, 7) is 2.78.